The lowest BCUT2D eigenvalue weighted by Gasteiger charge is -2.29. The van der Waals surface area contributed by atoms with E-state index in [4.69, 9.17) is 24.3 Å². The third kappa shape index (κ3) is 11.4. The number of hydrogen-bond donors (Lipinski definition) is 5. The zero-order chi connectivity index (χ0) is 35.0. The highest BCUT2D eigenvalue weighted by molar-refractivity contribution is 7.60. The minimum absolute atomic E-state index is 0.0347. The number of benzene rings is 3. The Morgan fingerprint density at radius 2 is 1.00 bits per heavy atom. The molecule has 5 N–H and O–H groups in total. The molecule has 0 heterocycles. The Hall–Kier alpha value is -2.48. The van der Waals surface area contributed by atoms with Crippen molar-refractivity contribution >= 4 is 15.6 Å². The van der Waals surface area contributed by atoms with Crippen molar-refractivity contribution in [2.45, 2.75) is 105 Å². The first-order chi connectivity index (χ1) is 20.0. The molecule has 0 saturated heterocycles. The van der Waals surface area contributed by atoms with Crippen LogP contribution in [0.15, 0.2) is 54.6 Å². The first-order valence-electron chi connectivity index (χ1n) is 14.6. The van der Waals surface area contributed by atoms with Crippen LogP contribution in [-0.2, 0) is 35.1 Å². The van der Waals surface area contributed by atoms with Crippen molar-refractivity contribution in [2.75, 3.05) is 0 Å². The molecule has 3 aromatic rings. The minimum atomic E-state index is -5.05. The molecule has 9 nitrogen and oxygen atoms in total. The molecule has 45 heavy (non-hydrogen) atoms. The summed E-state index contributed by atoms with van der Waals surface area (Å²) in [5, 5.41) is 11.1. The van der Waals surface area contributed by atoms with E-state index in [0.717, 1.165) is 22.4 Å². The highest BCUT2D eigenvalue weighted by Crippen LogP contribution is 2.54. The number of ether oxygens (including phenoxy) is 1. The number of phenols is 1. The maximum atomic E-state index is 11.1. The van der Waals surface area contributed by atoms with E-state index >= 15 is 0 Å². The van der Waals surface area contributed by atoms with Gasteiger partial charge >= 0.3 is 15.6 Å². The zero-order valence-electron chi connectivity index (χ0n) is 28.5. The van der Waals surface area contributed by atoms with Crippen LogP contribution in [-0.4, -0.2) is 24.7 Å². The lowest BCUT2D eigenvalue weighted by Crippen LogP contribution is -2.18. The van der Waals surface area contributed by atoms with E-state index in [0.29, 0.717) is 5.75 Å². The van der Waals surface area contributed by atoms with Gasteiger partial charge in [-0.3, -0.25) is 0 Å². The maximum Gasteiger partial charge on any atom is 0.478 e. The monoisotopic (exact) mass is 664 g/mol. The van der Waals surface area contributed by atoms with Crippen LogP contribution in [0.5, 0.6) is 17.2 Å². The van der Waals surface area contributed by atoms with Crippen molar-refractivity contribution in [2.24, 2.45) is 0 Å². The molecule has 250 valence electrons. The fourth-order valence-corrected chi connectivity index (χ4v) is 5.76. The van der Waals surface area contributed by atoms with Crippen molar-refractivity contribution in [3.8, 4) is 28.4 Å². The van der Waals surface area contributed by atoms with Crippen LogP contribution in [0.2, 0.25) is 0 Å². The molecule has 0 atom stereocenters. The predicted molar refractivity (Wildman–Crippen MR) is 180 cm³/mol. The van der Waals surface area contributed by atoms with E-state index < -0.39 is 15.6 Å². The molecule has 0 aliphatic heterocycles. The Kier molecular flexibility index (Phi) is 11.5. The van der Waals surface area contributed by atoms with E-state index in [1.165, 1.54) is 16.7 Å². The van der Waals surface area contributed by atoms with Crippen LogP contribution in [0.4, 0.5) is 0 Å². The molecule has 3 rings (SSSR count). The molecule has 0 fully saturated rings. The molecule has 0 spiro atoms. The molecule has 0 aliphatic rings. The Labute approximate surface area is 268 Å². The van der Waals surface area contributed by atoms with Crippen LogP contribution in [0.25, 0.3) is 11.1 Å². The third-order valence-corrected chi connectivity index (χ3v) is 8.76. The maximum absolute atomic E-state index is 11.1. The summed E-state index contributed by atoms with van der Waals surface area (Å²) in [4.78, 5) is 31.0. The summed E-state index contributed by atoms with van der Waals surface area (Å²) in [6.45, 7) is 26.7. The summed E-state index contributed by atoms with van der Waals surface area (Å²) < 4.78 is 28.9. The number of phenolic OH excluding ortho intramolecular Hbond substituents is 1. The summed E-state index contributed by atoms with van der Waals surface area (Å²) in [6.07, 6.45) is 0. The summed E-state index contributed by atoms with van der Waals surface area (Å²) in [5.41, 5.74) is 6.53. The smallest absolute Gasteiger partial charge is 0.478 e. The topological polar surface area (TPSA) is 154 Å². The minimum Gasteiger partial charge on any atom is -0.507 e. The Morgan fingerprint density at radius 3 is 1.40 bits per heavy atom. The van der Waals surface area contributed by atoms with Crippen molar-refractivity contribution in [3.05, 3.63) is 76.9 Å². The van der Waals surface area contributed by atoms with Crippen LogP contribution in [0.3, 0.4) is 0 Å². The summed E-state index contributed by atoms with van der Waals surface area (Å²) in [5.74, 6) is 1.72. The van der Waals surface area contributed by atoms with Gasteiger partial charge in [0.1, 0.15) is 17.2 Å². The summed E-state index contributed by atoms with van der Waals surface area (Å²) in [7, 11) is -10.1. The van der Waals surface area contributed by atoms with Gasteiger partial charge in [-0.25, -0.2) is 9.13 Å². The number of phosphoric acid groups is 2. The van der Waals surface area contributed by atoms with Gasteiger partial charge in [-0.1, -0.05) is 119 Å². The van der Waals surface area contributed by atoms with Gasteiger partial charge in [0.25, 0.3) is 0 Å². The molecule has 11 heteroatoms. The summed E-state index contributed by atoms with van der Waals surface area (Å²) in [6, 6.07) is 18.7. The fourth-order valence-electron chi connectivity index (χ4n) is 4.65. The van der Waals surface area contributed by atoms with E-state index in [1.54, 1.807) is 6.07 Å². The van der Waals surface area contributed by atoms with E-state index in [9.17, 15) is 14.2 Å². The van der Waals surface area contributed by atoms with Gasteiger partial charge in [-0.05, 0) is 62.1 Å². The zero-order valence-corrected chi connectivity index (χ0v) is 30.2. The number of aromatic hydroxyl groups is 1. The van der Waals surface area contributed by atoms with Gasteiger partial charge in [0, 0.05) is 5.56 Å². The molecule has 0 aliphatic carbocycles. The predicted octanol–water partition coefficient (Wildman–Crippen LogP) is 9.23. The van der Waals surface area contributed by atoms with Crippen molar-refractivity contribution < 1.29 is 42.9 Å². The molecule has 3 aromatic carbocycles. The first kappa shape index (κ1) is 38.7. The molecular weight excluding hydrogens is 614 g/mol. The largest absolute Gasteiger partial charge is 0.507 e. The second-order valence-electron chi connectivity index (χ2n) is 15.3. The lowest BCUT2D eigenvalue weighted by atomic mass is 9.77. The molecule has 0 bridgehead atoms. The van der Waals surface area contributed by atoms with E-state index in [-0.39, 0.29) is 27.4 Å². The molecule has 0 unspecified atom stereocenters. The first-order valence-corrected chi connectivity index (χ1v) is 17.7. The van der Waals surface area contributed by atoms with Crippen LogP contribution >= 0.6 is 15.6 Å². The molecule has 0 aromatic heterocycles. The average Bonchev–Trinajstić information content (AvgIpc) is 2.80. The highest BCUT2D eigenvalue weighted by atomic mass is 31.3. The van der Waals surface area contributed by atoms with E-state index in [1.807, 2.05) is 12.1 Å². The summed E-state index contributed by atoms with van der Waals surface area (Å²) >= 11 is 0. The van der Waals surface area contributed by atoms with Crippen LogP contribution < -0.4 is 4.74 Å². The van der Waals surface area contributed by atoms with Crippen LogP contribution in [0.1, 0.15) is 105 Å². The third-order valence-electron chi connectivity index (χ3n) is 7.05. The van der Waals surface area contributed by atoms with Gasteiger partial charge in [0.2, 0.25) is 0 Å². The second kappa shape index (κ2) is 13.3. The molecule has 0 radical (unpaired) electrons. The Morgan fingerprint density at radius 1 is 0.556 bits per heavy atom. The highest BCUT2D eigenvalue weighted by Gasteiger charge is 2.29. The number of rotatable bonds is 5. The van der Waals surface area contributed by atoms with Crippen molar-refractivity contribution in [1.82, 2.24) is 0 Å². The second-order valence-corrected chi connectivity index (χ2v) is 17.9. The standard InChI is InChI=1S/C34H46O2.H4O7P2/c1-31(2,3)22-16-18-24(25(20-22)33(7,8)9)30-27(35)14-13-15-29(30)36-28-19-17-23(32(4,5)6)21-26(28)34(10,11)12;1-8(2,3)7-9(4,5)6/h13-21,35H,1-12H3;(H2,1,2,3)(H2,4,5,6). The average molecular weight is 665 g/mol. The van der Waals surface area contributed by atoms with Crippen molar-refractivity contribution in [3.63, 3.8) is 0 Å². The van der Waals surface area contributed by atoms with E-state index in [2.05, 4.69) is 124 Å². The Bertz CT molecular complexity index is 1570. The Balaban J connectivity index is 0.000000681. The SMILES string of the molecule is CC(C)(C)c1ccc(Oc2cccc(O)c2-c2ccc(C(C)(C)C)cc2C(C)(C)C)c(C(C)(C)C)c1.O=P(O)(O)OP(=O)(O)O. The van der Waals surface area contributed by atoms with Crippen molar-refractivity contribution in [1.29, 1.82) is 0 Å². The number of hydrogen-bond acceptors (Lipinski definition) is 5. The van der Waals surface area contributed by atoms with Gasteiger partial charge in [-0.2, -0.15) is 4.31 Å². The molecule has 0 saturated carbocycles. The van der Waals surface area contributed by atoms with Gasteiger partial charge in [0.05, 0.1) is 5.56 Å². The lowest BCUT2D eigenvalue weighted by molar-refractivity contribution is 0.225. The molecule has 0 amide bonds. The molecular formula is C34H50O9P2. The fraction of sp³-hybridized carbons (Fsp3) is 0.471. The van der Waals surface area contributed by atoms with Gasteiger partial charge < -0.3 is 29.4 Å². The van der Waals surface area contributed by atoms with Gasteiger partial charge in [0.15, 0.2) is 0 Å². The quantitative estimate of drug-likeness (QED) is 0.168. The van der Waals surface area contributed by atoms with Gasteiger partial charge in [-0.15, -0.1) is 0 Å². The van der Waals surface area contributed by atoms with Crippen LogP contribution in [0, 0.1) is 0 Å². The normalized spacial score (nSPS) is 13.2.